The molecule has 1 aliphatic rings. The van der Waals surface area contributed by atoms with E-state index in [-0.39, 0.29) is 17.2 Å². The first kappa shape index (κ1) is 16.1. The molecule has 3 aromatic heterocycles. The van der Waals surface area contributed by atoms with Crippen molar-refractivity contribution in [1.82, 2.24) is 19.5 Å². The van der Waals surface area contributed by atoms with E-state index < -0.39 is 11.4 Å². The van der Waals surface area contributed by atoms with Gasteiger partial charge >= 0.3 is 0 Å². The van der Waals surface area contributed by atoms with Crippen LogP contribution in [0.2, 0.25) is 0 Å². The van der Waals surface area contributed by atoms with Crippen LogP contribution in [0.25, 0.3) is 28.1 Å². The van der Waals surface area contributed by atoms with Gasteiger partial charge in [0, 0.05) is 13.0 Å². The highest BCUT2D eigenvalue weighted by Crippen LogP contribution is 2.38. The van der Waals surface area contributed by atoms with E-state index in [1.165, 1.54) is 24.5 Å². The second-order valence-electron chi connectivity index (χ2n) is 6.99. The molecule has 3 heterocycles. The van der Waals surface area contributed by atoms with E-state index >= 15 is 0 Å². The minimum atomic E-state index is -1.07. The van der Waals surface area contributed by atoms with Crippen molar-refractivity contribution in [3.05, 3.63) is 47.1 Å². The van der Waals surface area contributed by atoms with Crippen LogP contribution in [0, 0.1) is 17.9 Å². The molecule has 1 aromatic carbocycles. The summed E-state index contributed by atoms with van der Waals surface area (Å²) >= 11 is 0. The Hall–Kier alpha value is -3.07. The summed E-state index contributed by atoms with van der Waals surface area (Å²) < 4.78 is 21.3. The summed E-state index contributed by atoms with van der Waals surface area (Å²) in [4.78, 5) is 8.69. The number of benzene rings is 1. The van der Waals surface area contributed by atoms with Gasteiger partial charge in [0.2, 0.25) is 17.0 Å². The first-order valence-electron chi connectivity index (χ1n) is 8.73. The summed E-state index contributed by atoms with van der Waals surface area (Å²) in [6, 6.07) is 4.00. The van der Waals surface area contributed by atoms with Gasteiger partial charge in [-0.05, 0) is 37.8 Å². The summed E-state index contributed by atoms with van der Waals surface area (Å²) in [6.45, 7) is 1.62. The van der Waals surface area contributed by atoms with Crippen LogP contribution in [0.15, 0.2) is 29.0 Å². The number of imidazole rings is 1. The number of aliphatic hydroxyl groups is 1. The predicted molar refractivity (Wildman–Crippen MR) is 92.0 cm³/mol. The van der Waals surface area contributed by atoms with E-state index in [9.17, 15) is 14.7 Å². The number of hydrogen-bond donors (Lipinski definition) is 1. The molecule has 0 amide bonds. The first-order valence-corrected chi connectivity index (χ1v) is 8.73. The van der Waals surface area contributed by atoms with Crippen LogP contribution in [0.1, 0.15) is 37.2 Å². The number of aryl methyl sites for hydroxylation is 1. The highest BCUT2D eigenvalue weighted by Gasteiger charge is 2.38. The molecule has 1 saturated carbocycles. The van der Waals surface area contributed by atoms with Gasteiger partial charge in [-0.15, -0.1) is 0 Å². The average Bonchev–Trinajstić information content (AvgIpc) is 3.38. The van der Waals surface area contributed by atoms with Crippen molar-refractivity contribution in [2.24, 2.45) is 0 Å². The molecule has 27 heavy (non-hydrogen) atoms. The van der Waals surface area contributed by atoms with Crippen LogP contribution >= 0.6 is 0 Å². The van der Waals surface area contributed by atoms with Gasteiger partial charge in [-0.1, -0.05) is 5.16 Å². The molecule has 0 aliphatic heterocycles. The summed E-state index contributed by atoms with van der Waals surface area (Å²) in [5.41, 5.74) is 0.825. The molecule has 9 heteroatoms. The van der Waals surface area contributed by atoms with E-state index in [0.29, 0.717) is 40.0 Å². The molecule has 4 aromatic rings. The first-order chi connectivity index (χ1) is 13.0. The van der Waals surface area contributed by atoms with Crippen LogP contribution in [0.3, 0.4) is 0 Å². The van der Waals surface area contributed by atoms with Crippen molar-refractivity contribution >= 4 is 16.6 Å². The van der Waals surface area contributed by atoms with Crippen molar-refractivity contribution in [3.8, 4) is 11.6 Å². The summed E-state index contributed by atoms with van der Waals surface area (Å²) in [7, 11) is 0. The smallest absolute Gasteiger partial charge is 0.279 e. The van der Waals surface area contributed by atoms with Gasteiger partial charge in [0.25, 0.3) is 5.89 Å². The van der Waals surface area contributed by atoms with Crippen LogP contribution in [-0.2, 0) is 5.60 Å². The lowest BCUT2D eigenvalue weighted by Gasteiger charge is -2.16. The minimum absolute atomic E-state index is 0.136. The molecule has 0 saturated heterocycles. The molecule has 8 nitrogen and oxygen atoms in total. The third kappa shape index (κ3) is 2.24. The van der Waals surface area contributed by atoms with Crippen molar-refractivity contribution in [3.63, 3.8) is 0 Å². The third-order valence-electron chi connectivity index (χ3n) is 5.31. The fourth-order valence-electron chi connectivity index (χ4n) is 3.87. The third-order valence-corrected chi connectivity index (χ3v) is 5.31. The lowest BCUT2D eigenvalue weighted by atomic mass is 10.0. The molecule has 138 valence electrons. The Labute approximate surface area is 152 Å². The van der Waals surface area contributed by atoms with Gasteiger partial charge in [-0.2, -0.15) is 9.71 Å². The van der Waals surface area contributed by atoms with Crippen LogP contribution in [0.5, 0.6) is 0 Å². The van der Waals surface area contributed by atoms with Crippen LogP contribution < -0.4 is 4.73 Å². The molecule has 1 fully saturated rings. The maximum Gasteiger partial charge on any atom is 0.279 e. The highest BCUT2D eigenvalue weighted by atomic mass is 19.1. The quantitative estimate of drug-likeness (QED) is 0.430. The largest absolute Gasteiger partial charge is 0.618 e. The van der Waals surface area contributed by atoms with Crippen molar-refractivity contribution in [2.75, 3.05) is 0 Å². The summed E-state index contributed by atoms with van der Waals surface area (Å²) in [5, 5.41) is 27.2. The Morgan fingerprint density at radius 1 is 1.33 bits per heavy atom. The van der Waals surface area contributed by atoms with Crippen molar-refractivity contribution in [1.29, 1.82) is 0 Å². The SMILES string of the molecule is Cc1c2c(-c3nc(C4(O)CCCC4)no3)ncn2c2ccc(F)cc2[n+]1[O-]. The number of nitrogens with zero attached hydrogens (tertiary/aromatic N) is 5. The van der Waals surface area contributed by atoms with Gasteiger partial charge in [0.05, 0.1) is 0 Å². The van der Waals surface area contributed by atoms with Crippen LogP contribution in [-0.4, -0.2) is 24.6 Å². The molecule has 0 spiro atoms. The number of fused-ring (bicyclic) bond motifs is 3. The molecule has 1 aliphatic carbocycles. The Morgan fingerprint density at radius 3 is 2.89 bits per heavy atom. The van der Waals surface area contributed by atoms with E-state index in [1.807, 2.05) is 0 Å². The number of halogens is 1. The van der Waals surface area contributed by atoms with Gasteiger partial charge in [-0.25, -0.2) is 9.37 Å². The van der Waals surface area contributed by atoms with Gasteiger partial charge < -0.3 is 14.8 Å². The summed E-state index contributed by atoms with van der Waals surface area (Å²) in [6.07, 6.45) is 4.53. The zero-order valence-electron chi connectivity index (χ0n) is 14.5. The average molecular weight is 369 g/mol. The molecule has 5 rings (SSSR count). The van der Waals surface area contributed by atoms with Crippen molar-refractivity contribution < 1.29 is 18.8 Å². The number of aromatic nitrogens is 5. The Bertz CT molecular complexity index is 1190. The van der Waals surface area contributed by atoms with Crippen molar-refractivity contribution in [2.45, 2.75) is 38.2 Å². The fourth-order valence-corrected chi connectivity index (χ4v) is 3.87. The lowest BCUT2D eigenvalue weighted by Crippen LogP contribution is -2.32. The Morgan fingerprint density at radius 2 is 2.11 bits per heavy atom. The second-order valence-corrected chi connectivity index (χ2v) is 6.99. The zero-order valence-corrected chi connectivity index (χ0v) is 14.5. The summed E-state index contributed by atoms with van der Waals surface area (Å²) in [5.74, 6) is -0.110. The molecule has 0 atom stereocenters. The molecular weight excluding hydrogens is 353 g/mol. The predicted octanol–water partition coefficient (Wildman–Crippen LogP) is 2.38. The van der Waals surface area contributed by atoms with E-state index in [2.05, 4.69) is 15.1 Å². The highest BCUT2D eigenvalue weighted by molar-refractivity contribution is 5.82. The van der Waals surface area contributed by atoms with Crippen LogP contribution in [0.4, 0.5) is 4.39 Å². The monoisotopic (exact) mass is 369 g/mol. The van der Waals surface area contributed by atoms with E-state index in [0.717, 1.165) is 12.8 Å². The molecule has 1 N–H and O–H groups in total. The molecular formula is C18H16FN5O3. The second kappa shape index (κ2) is 5.46. The maximum atomic E-state index is 13.6. The minimum Gasteiger partial charge on any atom is -0.618 e. The number of hydrogen-bond acceptors (Lipinski definition) is 6. The van der Waals surface area contributed by atoms with Gasteiger partial charge in [0.15, 0.2) is 5.69 Å². The Kier molecular flexibility index (Phi) is 3.26. The van der Waals surface area contributed by atoms with E-state index in [1.54, 1.807) is 11.3 Å². The fraction of sp³-hybridized carbons (Fsp3) is 0.333. The van der Waals surface area contributed by atoms with Gasteiger partial charge in [0.1, 0.15) is 28.8 Å². The molecule has 0 radical (unpaired) electrons. The maximum absolute atomic E-state index is 13.6. The normalized spacial score (nSPS) is 16.6. The molecule has 0 unspecified atom stereocenters. The van der Waals surface area contributed by atoms with Gasteiger partial charge in [-0.3, -0.25) is 4.40 Å². The standard InChI is InChI=1S/C18H16FN5O3/c1-10-15-14(16-21-17(22-27-16)18(25)6-2-3-7-18)20-9-23(15)12-5-4-11(19)8-13(12)24(10)26/h4-5,8-9,25H,2-3,6-7H2,1H3. The lowest BCUT2D eigenvalue weighted by molar-refractivity contribution is -0.583. The Balaban J connectivity index is 1.72. The zero-order chi connectivity index (χ0) is 18.8. The number of rotatable bonds is 2. The molecule has 0 bridgehead atoms. The van der Waals surface area contributed by atoms with E-state index in [4.69, 9.17) is 4.52 Å². The topological polar surface area (TPSA) is 103 Å².